The summed E-state index contributed by atoms with van der Waals surface area (Å²) in [5, 5.41) is 0. The highest BCUT2D eigenvalue weighted by atomic mass is 32.2. The van der Waals surface area contributed by atoms with E-state index in [0.29, 0.717) is 11.1 Å². The van der Waals surface area contributed by atoms with Gasteiger partial charge in [-0.3, -0.25) is 4.79 Å². The maximum Gasteiger partial charge on any atom is 0.294 e. The highest BCUT2D eigenvalue weighted by Crippen LogP contribution is 2.50. The molecule has 0 saturated carbocycles. The zero-order valence-electron chi connectivity index (χ0n) is 20.7. The summed E-state index contributed by atoms with van der Waals surface area (Å²) in [4.78, 5) is 11.9. The van der Waals surface area contributed by atoms with Crippen LogP contribution in [0.25, 0.3) is 11.1 Å². The van der Waals surface area contributed by atoms with E-state index >= 15 is 0 Å². The van der Waals surface area contributed by atoms with Gasteiger partial charge in [-0.15, -0.1) is 0 Å². The van der Waals surface area contributed by atoms with E-state index in [-0.39, 0.29) is 17.0 Å². The van der Waals surface area contributed by atoms with Gasteiger partial charge in [0.25, 0.3) is 6.47 Å². The maximum atomic E-state index is 14.4. The number of hydrogen-bond acceptors (Lipinski definition) is 5. The minimum Gasteiger partial charge on any atom is -0.487 e. The first-order chi connectivity index (χ1) is 16.6. The fraction of sp³-hybridized carbons (Fsp3) is 0.345. The lowest BCUT2D eigenvalue weighted by molar-refractivity contribution is -0.130. The fourth-order valence-corrected chi connectivity index (χ4v) is 7.97. The van der Waals surface area contributed by atoms with Crippen LogP contribution in [0.2, 0.25) is 0 Å². The Bertz CT molecular complexity index is 1410. The smallest absolute Gasteiger partial charge is 0.294 e. The van der Waals surface area contributed by atoms with Crippen LogP contribution in [0.1, 0.15) is 59.6 Å². The second kappa shape index (κ2) is 8.23. The van der Waals surface area contributed by atoms with Crippen molar-refractivity contribution in [2.75, 3.05) is 0 Å². The van der Waals surface area contributed by atoms with Gasteiger partial charge in [0.1, 0.15) is 11.4 Å². The second-order valence-electron chi connectivity index (χ2n) is 10.2. The molecule has 3 aromatic rings. The Hall–Kier alpha value is -3.12. The van der Waals surface area contributed by atoms with Gasteiger partial charge in [0.2, 0.25) is 15.3 Å². The van der Waals surface area contributed by atoms with Crippen LogP contribution in [0.3, 0.4) is 0 Å². The van der Waals surface area contributed by atoms with E-state index in [2.05, 4.69) is 0 Å². The van der Waals surface area contributed by atoms with Gasteiger partial charge in [-0.1, -0.05) is 48.5 Å². The van der Waals surface area contributed by atoms with Crippen molar-refractivity contribution >= 4 is 16.3 Å². The Morgan fingerprint density at radius 1 is 0.943 bits per heavy atom. The minimum atomic E-state index is -4.09. The van der Waals surface area contributed by atoms with Crippen molar-refractivity contribution in [3.8, 4) is 16.9 Å². The molecule has 5 nitrogen and oxygen atoms in total. The number of hydrogen-bond donors (Lipinski definition) is 0. The van der Waals surface area contributed by atoms with Gasteiger partial charge in [0.05, 0.1) is 10.8 Å². The van der Waals surface area contributed by atoms with Crippen molar-refractivity contribution in [3.63, 3.8) is 0 Å². The van der Waals surface area contributed by atoms with Crippen LogP contribution in [0, 0.1) is 20.8 Å². The zero-order chi connectivity index (χ0) is 25.1. The molecule has 0 N–H and O–H groups in total. The van der Waals surface area contributed by atoms with E-state index < -0.39 is 21.2 Å². The number of benzene rings is 3. The number of sulfone groups is 1. The number of carbonyl (C=O) groups is 1. The van der Waals surface area contributed by atoms with Gasteiger partial charge < -0.3 is 9.47 Å². The predicted molar refractivity (Wildman–Crippen MR) is 136 cm³/mol. The van der Waals surface area contributed by atoms with E-state index in [1.54, 1.807) is 0 Å². The molecule has 0 aromatic heterocycles. The molecule has 0 fully saturated rings. The number of carbonyl (C=O) groups excluding carboxylic acids is 1. The van der Waals surface area contributed by atoms with Crippen molar-refractivity contribution in [3.05, 3.63) is 81.9 Å². The Kier molecular flexibility index (Phi) is 5.55. The minimum absolute atomic E-state index is 0.241. The molecular weight excluding hydrogens is 460 g/mol. The van der Waals surface area contributed by atoms with Crippen LogP contribution < -0.4 is 4.74 Å². The lowest BCUT2D eigenvalue weighted by Crippen LogP contribution is -2.35. The zero-order valence-corrected chi connectivity index (χ0v) is 21.5. The summed E-state index contributed by atoms with van der Waals surface area (Å²) in [6.07, 6.45) is 1.52. The van der Waals surface area contributed by atoms with Crippen LogP contribution in [0.4, 0.5) is 0 Å². The molecular formula is C29H30O5S. The second-order valence-corrected chi connectivity index (χ2v) is 12.1. The quantitative estimate of drug-likeness (QED) is 0.423. The van der Waals surface area contributed by atoms with Crippen molar-refractivity contribution in [1.29, 1.82) is 0 Å². The summed E-state index contributed by atoms with van der Waals surface area (Å²) in [5.41, 5.74) is 4.98. The van der Waals surface area contributed by atoms with E-state index in [1.807, 2.05) is 83.1 Å². The molecule has 0 radical (unpaired) electrons. The molecule has 1 aliphatic heterocycles. The lowest BCUT2D eigenvalue weighted by Gasteiger charge is -2.36. The summed E-state index contributed by atoms with van der Waals surface area (Å²) in [7, 11) is -4.09. The van der Waals surface area contributed by atoms with Gasteiger partial charge >= 0.3 is 0 Å². The first-order valence-electron chi connectivity index (χ1n) is 11.9. The molecule has 0 spiro atoms. The average molecular weight is 491 g/mol. The molecule has 2 aliphatic rings. The van der Waals surface area contributed by atoms with Crippen LogP contribution >= 0.6 is 0 Å². The van der Waals surface area contributed by atoms with E-state index in [0.717, 1.165) is 52.0 Å². The largest absolute Gasteiger partial charge is 0.487 e. The molecule has 0 bridgehead atoms. The van der Waals surface area contributed by atoms with Crippen LogP contribution in [0.5, 0.6) is 5.75 Å². The number of ether oxygens (including phenoxy) is 2. The number of rotatable bonds is 5. The first kappa shape index (κ1) is 23.6. The molecule has 1 aliphatic carbocycles. The average Bonchev–Trinajstić information content (AvgIpc) is 3.14. The summed E-state index contributed by atoms with van der Waals surface area (Å²) >= 11 is 0. The monoisotopic (exact) mass is 490 g/mol. The molecule has 1 heterocycles. The highest BCUT2D eigenvalue weighted by Gasteiger charge is 2.45. The molecule has 35 heavy (non-hydrogen) atoms. The molecule has 5 rings (SSSR count). The summed E-state index contributed by atoms with van der Waals surface area (Å²) in [6, 6.07) is 15.5. The van der Waals surface area contributed by atoms with Gasteiger partial charge in [0, 0.05) is 0 Å². The molecule has 0 saturated heterocycles. The molecule has 6 heteroatoms. The van der Waals surface area contributed by atoms with E-state index in [1.165, 1.54) is 0 Å². The third-order valence-electron chi connectivity index (χ3n) is 7.60. The topological polar surface area (TPSA) is 69.7 Å². The van der Waals surface area contributed by atoms with Gasteiger partial charge in [0.15, 0.2) is 0 Å². The van der Waals surface area contributed by atoms with E-state index in [4.69, 9.17) is 9.47 Å². The van der Waals surface area contributed by atoms with Gasteiger partial charge in [-0.25, -0.2) is 8.42 Å². The maximum absolute atomic E-state index is 14.4. The lowest BCUT2D eigenvalue weighted by atomic mass is 9.88. The van der Waals surface area contributed by atoms with Crippen molar-refractivity contribution in [2.45, 2.75) is 69.3 Å². The summed E-state index contributed by atoms with van der Waals surface area (Å²) < 4.78 is 40.6. The Morgan fingerprint density at radius 3 is 2.09 bits per heavy atom. The standard InChI is InChI=1S/C29H30O5S/c1-17-18(2)27(19(3)20-14-15-29(4,5)34-26(17)20)35(31,32)28(33-16-30)25-23-12-8-6-10-21(23)22-11-7-9-13-24(22)25/h6-13,16,25,28H,14-15H2,1-5H3. The van der Waals surface area contributed by atoms with Crippen LogP contribution in [-0.2, 0) is 25.8 Å². The third-order valence-corrected chi connectivity index (χ3v) is 9.78. The predicted octanol–water partition coefficient (Wildman–Crippen LogP) is 5.80. The Morgan fingerprint density at radius 2 is 1.51 bits per heavy atom. The van der Waals surface area contributed by atoms with Crippen LogP contribution in [-0.4, -0.2) is 25.9 Å². The number of fused-ring (bicyclic) bond motifs is 4. The molecule has 0 amide bonds. The van der Waals surface area contributed by atoms with Crippen molar-refractivity contribution < 1.29 is 22.7 Å². The molecule has 182 valence electrons. The normalized spacial score (nSPS) is 17.1. The first-order valence-corrected chi connectivity index (χ1v) is 13.5. The Labute approximate surface area is 207 Å². The molecule has 1 unspecified atom stereocenters. The van der Waals surface area contributed by atoms with E-state index in [9.17, 15) is 13.2 Å². The van der Waals surface area contributed by atoms with Crippen molar-refractivity contribution in [2.24, 2.45) is 0 Å². The highest BCUT2D eigenvalue weighted by molar-refractivity contribution is 7.92. The van der Waals surface area contributed by atoms with Gasteiger partial charge in [-0.05, 0) is 92.0 Å². The summed E-state index contributed by atoms with van der Waals surface area (Å²) in [6.45, 7) is 9.92. The molecule has 1 atom stereocenters. The Balaban J connectivity index is 1.72. The van der Waals surface area contributed by atoms with Gasteiger partial charge in [-0.2, -0.15) is 0 Å². The van der Waals surface area contributed by atoms with Crippen molar-refractivity contribution in [1.82, 2.24) is 0 Å². The van der Waals surface area contributed by atoms with Crippen LogP contribution in [0.15, 0.2) is 53.4 Å². The SMILES string of the molecule is Cc1c(C)c(S(=O)(=O)C(OC=O)C2c3ccccc3-c3ccccc32)c(C)c2c1OC(C)(C)CC2. The fourth-order valence-electron chi connectivity index (χ4n) is 5.76. The summed E-state index contributed by atoms with van der Waals surface area (Å²) in [5.74, 6) is 0.155. The molecule has 3 aromatic carbocycles. The third kappa shape index (κ3) is 3.57.